The molecule has 3 nitrogen and oxygen atoms in total. The summed E-state index contributed by atoms with van der Waals surface area (Å²) in [5, 5.41) is 11.0. The zero-order chi connectivity index (χ0) is 15.6. The number of benzene rings is 2. The van der Waals surface area contributed by atoms with E-state index in [0.29, 0.717) is 22.1 Å². The van der Waals surface area contributed by atoms with Gasteiger partial charge in [-0.1, -0.05) is 40.9 Å². The van der Waals surface area contributed by atoms with Gasteiger partial charge in [0.2, 0.25) is 0 Å². The van der Waals surface area contributed by atoms with Gasteiger partial charge in [0.1, 0.15) is 6.10 Å². The predicted molar refractivity (Wildman–Crippen MR) is 84.5 cm³/mol. The standard InChI is InChI=1S/C17H19ClO3/c1-10-5-11(2)7-12(6-10)16(19)13-8-14(18)17(21-4)15(9-13)20-3/h5-9,16,19H,1-4H3. The highest BCUT2D eigenvalue weighted by Gasteiger charge is 2.17. The fourth-order valence-electron chi connectivity index (χ4n) is 2.46. The van der Waals surface area contributed by atoms with Gasteiger partial charge in [0.05, 0.1) is 19.2 Å². The van der Waals surface area contributed by atoms with E-state index in [1.165, 1.54) is 7.11 Å². The van der Waals surface area contributed by atoms with Crippen molar-refractivity contribution in [1.29, 1.82) is 0 Å². The first-order valence-electron chi connectivity index (χ1n) is 6.64. The second-order valence-electron chi connectivity index (χ2n) is 5.06. The molecule has 0 saturated carbocycles. The summed E-state index contributed by atoms with van der Waals surface area (Å²) < 4.78 is 10.5. The molecule has 0 saturated heterocycles. The Labute approximate surface area is 130 Å². The van der Waals surface area contributed by atoms with Gasteiger partial charge < -0.3 is 14.6 Å². The normalized spacial score (nSPS) is 12.1. The molecule has 4 heteroatoms. The van der Waals surface area contributed by atoms with Crippen LogP contribution < -0.4 is 9.47 Å². The van der Waals surface area contributed by atoms with E-state index in [1.807, 2.05) is 26.0 Å². The van der Waals surface area contributed by atoms with Crippen LogP contribution in [-0.2, 0) is 0 Å². The monoisotopic (exact) mass is 306 g/mol. The molecule has 0 heterocycles. The lowest BCUT2D eigenvalue weighted by Gasteiger charge is -2.17. The molecule has 21 heavy (non-hydrogen) atoms. The molecule has 2 aromatic rings. The Morgan fingerprint density at radius 3 is 2.00 bits per heavy atom. The molecule has 112 valence electrons. The smallest absolute Gasteiger partial charge is 0.179 e. The first-order valence-corrected chi connectivity index (χ1v) is 7.01. The highest BCUT2D eigenvalue weighted by atomic mass is 35.5. The number of methoxy groups -OCH3 is 2. The minimum Gasteiger partial charge on any atom is -0.493 e. The van der Waals surface area contributed by atoms with Gasteiger partial charge in [0, 0.05) is 0 Å². The van der Waals surface area contributed by atoms with Crippen molar-refractivity contribution in [3.05, 3.63) is 57.6 Å². The molecule has 2 aromatic carbocycles. The van der Waals surface area contributed by atoms with Crippen molar-refractivity contribution < 1.29 is 14.6 Å². The third-order valence-electron chi connectivity index (χ3n) is 3.33. The summed E-state index contributed by atoms with van der Waals surface area (Å²) in [7, 11) is 3.07. The Morgan fingerprint density at radius 1 is 0.905 bits per heavy atom. The van der Waals surface area contributed by atoms with Crippen molar-refractivity contribution in [2.45, 2.75) is 20.0 Å². The molecule has 0 aliphatic rings. The van der Waals surface area contributed by atoms with Crippen LogP contribution in [0.4, 0.5) is 0 Å². The van der Waals surface area contributed by atoms with Gasteiger partial charge in [-0.15, -0.1) is 0 Å². The molecular formula is C17H19ClO3. The SMILES string of the molecule is COc1cc(C(O)c2cc(C)cc(C)c2)cc(Cl)c1OC. The minimum atomic E-state index is -0.763. The fraction of sp³-hybridized carbons (Fsp3) is 0.294. The Balaban J connectivity index is 2.48. The number of ether oxygens (including phenoxy) is 2. The van der Waals surface area contributed by atoms with Crippen LogP contribution in [0, 0.1) is 13.8 Å². The Bertz CT molecular complexity index is 632. The molecule has 0 amide bonds. The van der Waals surface area contributed by atoms with E-state index >= 15 is 0 Å². The molecule has 0 bridgehead atoms. The predicted octanol–water partition coefficient (Wildman–Crippen LogP) is 4.06. The van der Waals surface area contributed by atoms with Crippen molar-refractivity contribution >= 4 is 11.6 Å². The summed E-state index contributed by atoms with van der Waals surface area (Å²) in [5.74, 6) is 0.971. The maximum atomic E-state index is 10.6. The van der Waals surface area contributed by atoms with Gasteiger partial charge >= 0.3 is 0 Å². The highest BCUT2D eigenvalue weighted by Crippen LogP contribution is 2.38. The van der Waals surface area contributed by atoms with Gasteiger partial charge in [-0.05, 0) is 37.1 Å². The van der Waals surface area contributed by atoms with Crippen LogP contribution in [0.1, 0.15) is 28.4 Å². The maximum absolute atomic E-state index is 10.6. The third-order valence-corrected chi connectivity index (χ3v) is 3.61. The maximum Gasteiger partial charge on any atom is 0.179 e. The summed E-state index contributed by atoms with van der Waals surface area (Å²) in [6.45, 7) is 4.01. The quantitative estimate of drug-likeness (QED) is 0.926. The van der Waals surface area contributed by atoms with E-state index < -0.39 is 6.10 Å². The van der Waals surface area contributed by atoms with Crippen LogP contribution in [0.25, 0.3) is 0 Å². The van der Waals surface area contributed by atoms with E-state index in [4.69, 9.17) is 21.1 Å². The molecule has 2 rings (SSSR count). The van der Waals surface area contributed by atoms with Gasteiger partial charge in [-0.3, -0.25) is 0 Å². The second-order valence-corrected chi connectivity index (χ2v) is 5.47. The average Bonchev–Trinajstić information content (AvgIpc) is 2.44. The molecule has 1 N–H and O–H groups in total. The highest BCUT2D eigenvalue weighted by molar-refractivity contribution is 6.32. The molecule has 0 radical (unpaired) electrons. The number of aryl methyl sites for hydroxylation is 2. The molecular weight excluding hydrogens is 288 g/mol. The molecule has 1 atom stereocenters. The average molecular weight is 307 g/mol. The van der Waals surface area contributed by atoms with Crippen molar-refractivity contribution in [3.63, 3.8) is 0 Å². The Kier molecular flexibility index (Phi) is 4.76. The van der Waals surface area contributed by atoms with Crippen LogP contribution in [-0.4, -0.2) is 19.3 Å². The molecule has 1 unspecified atom stereocenters. The van der Waals surface area contributed by atoms with Crippen molar-refractivity contribution in [3.8, 4) is 11.5 Å². The largest absolute Gasteiger partial charge is 0.493 e. The summed E-state index contributed by atoms with van der Waals surface area (Å²) in [4.78, 5) is 0. The van der Waals surface area contributed by atoms with E-state index in [9.17, 15) is 5.11 Å². The molecule has 0 aliphatic carbocycles. The lowest BCUT2D eigenvalue weighted by atomic mass is 9.97. The topological polar surface area (TPSA) is 38.7 Å². The number of aliphatic hydroxyl groups is 1. The molecule has 0 fully saturated rings. The van der Waals surface area contributed by atoms with Crippen molar-refractivity contribution in [2.75, 3.05) is 14.2 Å². The van der Waals surface area contributed by atoms with Crippen molar-refractivity contribution in [1.82, 2.24) is 0 Å². The van der Waals surface area contributed by atoms with Crippen LogP contribution in [0.15, 0.2) is 30.3 Å². The zero-order valence-corrected chi connectivity index (χ0v) is 13.4. The lowest BCUT2D eigenvalue weighted by Crippen LogP contribution is -2.02. The zero-order valence-electron chi connectivity index (χ0n) is 12.6. The second kappa shape index (κ2) is 6.37. The third kappa shape index (κ3) is 3.31. The van der Waals surface area contributed by atoms with Crippen LogP contribution >= 0.6 is 11.6 Å². The molecule has 0 spiro atoms. The number of hydrogen-bond acceptors (Lipinski definition) is 3. The summed E-state index contributed by atoms with van der Waals surface area (Å²) in [6.07, 6.45) is -0.763. The molecule has 0 aromatic heterocycles. The van der Waals surface area contributed by atoms with Gasteiger partial charge in [-0.2, -0.15) is 0 Å². The van der Waals surface area contributed by atoms with Gasteiger partial charge in [-0.25, -0.2) is 0 Å². The number of hydrogen-bond donors (Lipinski definition) is 1. The lowest BCUT2D eigenvalue weighted by molar-refractivity contribution is 0.219. The number of halogens is 1. The van der Waals surface area contributed by atoms with Gasteiger partial charge in [0.15, 0.2) is 11.5 Å². The Morgan fingerprint density at radius 2 is 1.48 bits per heavy atom. The van der Waals surface area contributed by atoms with Crippen LogP contribution in [0.2, 0.25) is 5.02 Å². The Hall–Kier alpha value is -1.71. The van der Waals surface area contributed by atoms with E-state index in [2.05, 4.69) is 6.07 Å². The van der Waals surface area contributed by atoms with E-state index in [-0.39, 0.29) is 0 Å². The van der Waals surface area contributed by atoms with Crippen LogP contribution in [0.5, 0.6) is 11.5 Å². The first kappa shape index (κ1) is 15.7. The molecule has 0 aliphatic heterocycles. The fourth-order valence-corrected chi connectivity index (χ4v) is 2.75. The van der Waals surface area contributed by atoms with Crippen LogP contribution in [0.3, 0.4) is 0 Å². The van der Waals surface area contributed by atoms with Gasteiger partial charge in [0.25, 0.3) is 0 Å². The number of rotatable bonds is 4. The van der Waals surface area contributed by atoms with Crippen molar-refractivity contribution in [2.24, 2.45) is 0 Å². The van der Waals surface area contributed by atoms with E-state index in [1.54, 1.807) is 19.2 Å². The summed E-state index contributed by atoms with van der Waals surface area (Å²) in [5.41, 5.74) is 3.71. The first-order chi connectivity index (χ1) is 9.96. The summed E-state index contributed by atoms with van der Waals surface area (Å²) in [6, 6.07) is 9.43. The summed E-state index contributed by atoms with van der Waals surface area (Å²) >= 11 is 6.19. The minimum absolute atomic E-state index is 0.412. The van der Waals surface area contributed by atoms with E-state index in [0.717, 1.165) is 16.7 Å². The number of aliphatic hydroxyl groups excluding tert-OH is 1.